The molecule has 3 heteroatoms. The van der Waals surface area contributed by atoms with Crippen LogP contribution in [0.25, 0.3) is 0 Å². The second-order valence-electron chi connectivity index (χ2n) is 13.3. The summed E-state index contributed by atoms with van der Waals surface area (Å²) in [5.41, 5.74) is 1.03. The van der Waals surface area contributed by atoms with Gasteiger partial charge in [0.15, 0.2) is 0 Å². The van der Waals surface area contributed by atoms with Crippen molar-refractivity contribution in [3.63, 3.8) is 0 Å². The fourth-order valence-corrected chi connectivity index (χ4v) is 9.58. The first-order valence-electron chi connectivity index (χ1n) is 14.0. The van der Waals surface area contributed by atoms with Crippen LogP contribution in [-0.2, 0) is 9.53 Å². The molecular weight excluding hydrogens is 396 g/mol. The van der Waals surface area contributed by atoms with Crippen molar-refractivity contribution in [2.75, 3.05) is 6.61 Å². The van der Waals surface area contributed by atoms with Crippen LogP contribution in [0.2, 0.25) is 0 Å². The van der Waals surface area contributed by atoms with Gasteiger partial charge in [0.1, 0.15) is 6.61 Å². The van der Waals surface area contributed by atoms with E-state index >= 15 is 0 Å². The molecule has 4 aliphatic rings. The average Bonchev–Trinajstić information content (AvgIpc) is 3.09. The molecule has 0 spiro atoms. The van der Waals surface area contributed by atoms with E-state index in [0.717, 1.165) is 54.3 Å². The van der Waals surface area contributed by atoms with Crippen molar-refractivity contribution in [2.45, 2.75) is 118 Å². The zero-order valence-electron chi connectivity index (χ0n) is 21.6. The molecule has 1 N–H and O–H groups in total. The van der Waals surface area contributed by atoms with Crippen molar-refractivity contribution >= 4 is 5.97 Å². The smallest absolute Gasteiger partial charge is 0.329 e. The minimum absolute atomic E-state index is 0.128. The van der Waals surface area contributed by atoms with Gasteiger partial charge in [-0.15, -0.1) is 0 Å². The highest BCUT2D eigenvalue weighted by Gasteiger charge is 2.60. The molecule has 32 heavy (non-hydrogen) atoms. The molecule has 0 saturated heterocycles. The van der Waals surface area contributed by atoms with Crippen molar-refractivity contribution in [3.05, 3.63) is 0 Å². The van der Waals surface area contributed by atoms with Gasteiger partial charge >= 0.3 is 5.97 Å². The number of fused-ring (bicyclic) bond motifs is 5. The van der Waals surface area contributed by atoms with Crippen molar-refractivity contribution in [3.8, 4) is 0 Å². The molecule has 0 radical (unpaired) electrons. The molecule has 9 atom stereocenters. The molecule has 0 heterocycles. The van der Waals surface area contributed by atoms with E-state index in [1.165, 1.54) is 64.2 Å². The maximum absolute atomic E-state index is 10.9. The topological polar surface area (TPSA) is 46.5 Å². The van der Waals surface area contributed by atoms with E-state index in [-0.39, 0.29) is 12.7 Å². The van der Waals surface area contributed by atoms with Gasteiger partial charge in [0.05, 0.1) is 6.10 Å². The van der Waals surface area contributed by atoms with Crippen LogP contribution < -0.4 is 0 Å². The van der Waals surface area contributed by atoms with Gasteiger partial charge < -0.3 is 9.84 Å². The van der Waals surface area contributed by atoms with Crippen LogP contribution in [0.4, 0.5) is 0 Å². The van der Waals surface area contributed by atoms with Crippen LogP contribution in [-0.4, -0.2) is 23.8 Å². The van der Waals surface area contributed by atoms with Crippen molar-refractivity contribution in [2.24, 2.45) is 52.3 Å². The first-order valence-corrected chi connectivity index (χ1v) is 14.0. The van der Waals surface area contributed by atoms with Crippen LogP contribution in [0.5, 0.6) is 0 Å². The van der Waals surface area contributed by atoms with Gasteiger partial charge in [-0.2, -0.15) is 0 Å². The molecule has 0 aromatic rings. The van der Waals surface area contributed by atoms with Crippen molar-refractivity contribution in [1.82, 2.24) is 0 Å². The zero-order valence-corrected chi connectivity index (χ0v) is 21.6. The lowest BCUT2D eigenvalue weighted by atomic mass is 9.44. The predicted molar refractivity (Wildman–Crippen MR) is 130 cm³/mol. The lowest BCUT2D eigenvalue weighted by Gasteiger charge is -2.61. The highest BCUT2D eigenvalue weighted by Crippen LogP contribution is 2.68. The Hall–Kier alpha value is -0.570. The Labute approximate surface area is 197 Å². The Bertz CT molecular complexity index is 659. The van der Waals surface area contributed by atoms with Gasteiger partial charge in [0, 0.05) is 0 Å². The van der Waals surface area contributed by atoms with E-state index in [1.807, 2.05) is 0 Å². The average molecular weight is 447 g/mol. The third-order valence-corrected chi connectivity index (χ3v) is 11.3. The summed E-state index contributed by atoms with van der Waals surface area (Å²) in [6.07, 6.45) is 16.3. The quantitative estimate of drug-likeness (QED) is 0.418. The van der Waals surface area contributed by atoms with Gasteiger partial charge in [-0.25, -0.2) is 4.79 Å². The molecule has 3 nitrogen and oxygen atoms in total. The Kier molecular flexibility index (Phi) is 7.36. The summed E-state index contributed by atoms with van der Waals surface area (Å²) >= 11 is 0. The summed E-state index contributed by atoms with van der Waals surface area (Å²) in [6, 6.07) is 0. The zero-order chi connectivity index (χ0) is 23.1. The largest absolute Gasteiger partial charge is 0.480 e. The molecule has 0 amide bonds. The fourth-order valence-electron chi connectivity index (χ4n) is 9.58. The number of carbonyl (C=O) groups is 1. The number of aliphatic carboxylic acids is 1. The summed E-state index contributed by atoms with van der Waals surface area (Å²) in [5, 5.41) is 9.00. The van der Waals surface area contributed by atoms with Gasteiger partial charge in [-0.05, 0) is 110 Å². The molecule has 0 aromatic heterocycles. The molecule has 184 valence electrons. The Morgan fingerprint density at radius 2 is 1.66 bits per heavy atom. The van der Waals surface area contributed by atoms with Crippen molar-refractivity contribution in [1.29, 1.82) is 0 Å². The summed E-state index contributed by atoms with van der Waals surface area (Å²) in [5.74, 6) is 5.31. The van der Waals surface area contributed by atoms with Gasteiger partial charge in [0.25, 0.3) is 0 Å². The highest BCUT2D eigenvalue weighted by atomic mass is 16.5. The van der Waals surface area contributed by atoms with Gasteiger partial charge in [-0.1, -0.05) is 53.9 Å². The summed E-state index contributed by atoms with van der Waals surface area (Å²) < 4.78 is 5.75. The fraction of sp³-hybridized carbons (Fsp3) is 0.966. The van der Waals surface area contributed by atoms with Crippen LogP contribution in [0.3, 0.4) is 0 Å². The monoisotopic (exact) mass is 446 g/mol. The predicted octanol–water partition coefficient (Wildman–Crippen LogP) is 7.58. The van der Waals surface area contributed by atoms with E-state index in [0.29, 0.717) is 10.8 Å². The molecule has 0 aromatic carbocycles. The summed E-state index contributed by atoms with van der Waals surface area (Å²) in [7, 11) is 0. The third kappa shape index (κ3) is 4.53. The molecule has 4 fully saturated rings. The first-order chi connectivity index (χ1) is 15.1. The minimum Gasteiger partial charge on any atom is -0.480 e. The maximum atomic E-state index is 10.9. The molecule has 0 aliphatic heterocycles. The van der Waals surface area contributed by atoms with E-state index in [2.05, 4.69) is 34.6 Å². The van der Waals surface area contributed by atoms with Crippen LogP contribution in [0.15, 0.2) is 0 Å². The standard InChI is InChI=1S/C29H50O3/c1-19(2)7-6-8-20(3)24-11-12-25-23-10-9-21-17-22(32-18-27(30)31)13-15-28(21,4)26(23)14-16-29(24,25)5/h19-26H,6-18H2,1-5H3,(H,30,31)/t20-,21+,22?,23-,24-,25-,26-,28-,29+/m0/s1. The van der Waals surface area contributed by atoms with E-state index in [4.69, 9.17) is 9.84 Å². The Morgan fingerprint density at radius 1 is 0.938 bits per heavy atom. The molecule has 4 rings (SSSR count). The molecular formula is C29H50O3. The van der Waals surface area contributed by atoms with Crippen LogP contribution in [0, 0.1) is 52.3 Å². The van der Waals surface area contributed by atoms with E-state index in [9.17, 15) is 4.79 Å². The maximum Gasteiger partial charge on any atom is 0.329 e. The Balaban J connectivity index is 1.41. The number of rotatable bonds is 8. The second-order valence-corrected chi connectivity index (χ2v) is 13.3. The van der Waals surface area contributed by atoms with Gasteiger partial charge in [0.2, 0.25) is 0 Å². The lowest BCUT2D eigenvalue weighted by Crippen LogP contribution is -2.54. The number of hydrogen-bond donors (Lipinski definition) is 1. The minimum atomic E-state index is -0.831. The SMILES string of the molecule is CC(C)CCC[C@H](C)[C@@H]1CC[C@H]2[C@@H]3CC[C@@H]4CC(OCC(=O)O)CC[C@]4(C)[C@H]3CC[C@@]21C. The number of ether oxygens (including phenoxy) is 1. The normalized spacial score (nSPS) is 44.6. The number of carboxylic acids is 1. The number of carboxylic acid groups (broad SMARTS) is 1. The molecule has 0 bridgehead atoms. The summed E-state index contributed by atoms with van der Waals surface area (Å²) in [6.45, 7) is 12.5. The Morgan fingerprint density at radius 3 is 2.38 bits per heavy atom. The highest BCUT2D eigenvalue weighted by molar-refractivity contribution is 5.68. The van der Waals surface area contributed by atoms with Crippen molar-refractivity contribution < 1.29 is 14.6 Å². The van der Waals surface area contributed by atoms with Crippen LogP contribution in [0.1, 0.15) is 112 Å². The lowest BCUT2D eigenvalue weighted by molar-refractivity contribution is -0.153. The summed E-state index contributed by atoms with van der Waals surface area (Å²) in [4.78, 5) is 10.9. The number of hydrogen-bond acceptors (Lipinski definition) is 2. The van der Waals surface area contributed by atoms with E-state index in [1.54, 1.807) is 0 Å². The molecule has 4 aliphatic carbocycles. The second kappa shape index (κ2) is 9.59. The van der Waals surface area contributed by atoms with E-state index < -0.39 is 5.97 Å². The first kappa shape index (κ1) is 24.6. The molecule has 4 saturated carbocycles. The van der Waals surface area contributed by atoms with Gasteiger partial charge in [-0.3, -0.25) is 0 Å². The van der Waals surface area contributed by atoms with Crippen LogP contribution >= 0.6 is 0 Å². The molecule has 1 unspecified atom stereocenters. The third-order valence-electron chi connectivity index (χ3n) is 11.3.